The second kappa shape index (κ2) is 9.90. The number of rotatable bonds is 8. The largest absolute Gasteiger partial charge is 0.381 e. The first-order valence-corrected chi connectivity index (χ1v) is 10.6. The Labute approximate surface area is 172 Å². The molecule has 5 nitrogen and oxygen atoms in total. The van der Waals surface area contributed by atoms with Gasteiger partial charge in [0.15, 0.2) is 0 Å². The van der Waals surface area contributed by atoms with Gasteiger partial charge in [0.05, 0.1) is 12.7 Å². The lowest BCUT2D eigenvalue weighted by atomic mass is 10.1. The van der Waals surface area contributed by atoms with Crippen LogP contribution in [-0.4, -0.2) is 25.3 Å². The first kappa shape index (κ1) is 19.9. The van der Waals surface area contributed by atoms with Gasteiger partial charge in [-0.3, -0.25) is 0 Å². The van der Waals surface area contributed by atoms with Gasteiger partial charge in [-0.1, -0.05) is 48.5 Å². The summed E-state index contributed by atoms with van der Waals surface area (Å²) in [6.45, 7) is 3.26. The maximum Gasteiger partial charge on any atom is 0.315 e. The van der Waals surface area contributed by atoms with Crippen LogP contribution in [0, 0.1) is 0 Å². The number of amides is 2. The summed E-state index contributed by atoms with van der Waals surface area (Å²) >= 11 is 0. The summed E-state index contributed by atoms with van der Waals surface area (Å²) in [5.41, 5.74) is 4.77. The predicted molar refractivity (Wildman–Crippen MR) is 113 cm³/mol. The molecule has 154 valence electrons. The van der Waals surface area contributed by atoms with Crippen LogP contribution in [0.25, 0.3) is 0 Å². The summed E-state index contributed by atoms with van der Waals surface area (Å²) in [5, 5.41) is 5.84. The van der Waals surface area contributed by atoms with Crippen LogP contribution in [0.2, 0.25) is 0 Å². The van der Waals surface area contributed by atoms with Crippen molar-refractivity contribution in [3.05, 3.63) is 70.8 Å². The summed E-state index contributed by atoms with van der Waals surface area (Å²) in [5.74, 6) is 0.764. The fourth-order valence-electron chi connectivity index (χ4n) is 3.56. The van der Waals surface area contributed by atoms with Crippen molar-refractivity contribution < 1.29 is 14.3 Å². The third-order valence-corrected chi connectivity index (χ3v) is 5.61. The van der Waals surface area contributed by atoms with E-state index in [4.69, 9.17) is 9.47 Å². The summed E-state index contributed by atoms with van der Waals surface area (Å²) in [4.78, 5) is 12.1. The third kappa shape index (κ3) is 6.31. The molecule has 0 spiro atoms. The SMILES string of the molecule is O=C(NCc1ccc(COC2CCOCC2)cc1)NCc1ccc(C2CC2)cc1. The van der Waals surface area contributed by atoms with Crippen LogP contribution < -0.4 is 10.6 Å². The summed E-state index contributed by atoms with van der Waals surface area (Å²) < 4.78 is 11.3. The molecule has 2 amide bonds. The van der Waals surface area contributed by atoms with Crippen molar-refractivity contribution in [1.29, 1.82) is 0 Å². The Hall–Kier alpha value is -2.37. The minimum Gasteiger partial charge on any atom is -0.381 e. The zero-order valence-corrected chi connectivity index (χ0v) is 16.9. The lowest BCUT2D eigenvalue weighted by Crippen LogP contribution is -2.34. The van der Waals surface area contributed by atoms with Gasteiger partial charge in [0.1, 0.15) is 0 Å². The first-order chi connectivity index (χ1) is 14.3. The van der Waals surface area contributed by atoms with Crippen LogP contribution in [0.15, 0.2) is 48.5 Å². The fourth-order valence-corrected chi connectivity index (χ4v) is 3.56. The molecule has 1 saturated heterocycles. The maximum atomic E-state index is 12.1. The fraction of sp³-hybridized carbons (Fsp3) is 0.458. The molecule has 29 heavy (non-hydrogen) atoms. The van der Waals surface area contributed by atoms with Crippen molar-refractivity contribution in [3.8, 4) is 0 Å². The van der Waals surface area contributed by atoms with Crippen molar-refractivity contribution in [1.82, 2.24) is 10.6 Å². The first-order valence-electron chi connectivity index (χ1n) is 10.6. The number of ether oxygens (including phenoxy) is 2. The van der Waals surface area contributed by atoms with Gasteiger partial charge in [-0.25, -0.2) is 4.79 Å². The average Bonchev–Trinajstić information content (AvgIpc) is 3.62. The molecule has 2 aliphatic rings. The molecule has 2 aromatic rings. The Morgan fingerprint density at radius 3 is 1.97 bits per heavy atom. The van der Waals surface area contributed by atoms with Gasteiger partial charge >= 0.3 is 6.03 Å². The molecule has 1 aliphatic carbocycles. The van der Waals surface area contributed by atoms with E-state index >= 15 is 0 Å². The van der Waals surface area contributed by atoms with Gasteiger partial charge in [-0.15, -0.1) is 0 Å². The zero-order chi connectivity index (χ0) is 19.9. The molecule has 2 N–H and O–H groups in total. The van der Waals surface area contributed by atoms with Gasteiger partial charge in [0.25, 0.3) is 0 Å². The van der Waals surface area contributed by atoms with Crippen molar-refractivity contribution in [3.63, 3.8) is 0 Å². The molecule has 2 aromatic carbocycles. The minimum atomic E-state index is -0.150. The van der Waals surface area contributed by atoms with Crippen LogP contribution >= 0.6 is 0 Å². The van der Waals surface area contributed by atoms with E-state index in [-0.39, 0.29) is 6.03 Å². The molecule has 2 fully saturated rings. The van der Waals surface area contributed by atoms with Gasteiger partial charge in [-0.2, -0.15) is 0 Å². The Bertz CT molecular complexity index is 779. The highest BCUT2D eigenvalue weighted by molar-refractivity contribution is 5.73. The summed E-state index contributed by atoms with van der Waals surface area (Å²) in [7, 11) is 0. The highest BCUT2D eigenvalue weighted by Crippen LogP contribution is 2.39. The quantitative estimate of drug-likeness (QED) is 0.703. The minimum absolute atomic E-state index is 0.150. The Kier molecular flexibility index (Phi) is 6.80. The maximum absolute atomic E-state index is 12.1. The van der Waals surface area contributed by atoms with Crippen molar-refractivity contribution in [2.75, 3.05) is 13.2 Å². The van der Waals surface area contributed by atoms with E-state index in [1.165, 1.54) is 18.4 Å². The second-order valence-corrected chi connectivity index (χ2v) is 7.99. The molecule has 0 bridgehead atoms. The van der Waals surface area contributed by atoms with Crippen LogP contribution in [0.5, 0.6) is 0 Å². The molecule has 0 unspecified atom stereocenters. The molecule has 5 heteroatoms. The number of urea groups is 1. The van der Waals surface area contributed by atoms with E-state index < -0.39 is 0 Å². The topological polar surface area (TPSA) is 59.6 Å². The van der Waals surface area contributed by atoms with E-state index in [1.54, 1.807) is 0 Å². The number of benzene rings is 2. The average molecular weight is 395 g/mol. The Morgan fingerprint density at radius 2 is 1.38 bits per heavy atom. The number of hydrogen-bond donors (Lipinski definition) is 2. The zero-order valence-electron chi connectivity index (χ0n) is 16.9. The van der Waals surface area contributed by atoms with E-state index in [0.717, 1.165) is 48.7 Å². The van der Waals surface area contributed by atoms with Crippen LogP contribution in [0.3, 0.4) is 0 Å². The Morgan fingerprint density at radius 1 is 0.828 bits per heavy atom. The standard InChI is InChI=1S/C24H30N2O3/c27-24(26-16-19-5-7-21(8-6-19)22-9-10-22)25-15-18-1-3-20(4-2-18)17-29-23-11-13-28-14-12-23/h1-8,22-23H,9-17H2,(H2,25,26,27). The molecule has 1 saturated carbocycles. The summed E-state index contributed by atoms with van der Waals surface area (Å²) in [6, 6.07) is 16.6. The molecule has 0 atom stereocenters. The Balaban J connectivity index is 1.15. The number of nitrogens with one attached hydrogen (secondary N) is 2. The number of carbonyl (C=O) groups excluding carboxylic acids is 1. The monoisotopic (exact) mass is 394 g/mol. The van der Waals surface area contributed by atoms with Crippen molar-refractivity contribution in [2.24, 2.45) is 0 Å². The molecular weight excluding hydrogens is 364 g/mol. The smallest absolute Gasteiger partial charge is 0.315 e. The third-order valence-electron chi connectivity index (χ3n) is 5.61. The van der Waals surface area contributed by atoms with Gasteiger partial charge in [0, 0.05) is 26.3 Å². The molecule has 1 aliphatic heterocycles. The summed E-state index contributed by atoms with van der Waals surface area (Å²) in [6.07, 6.45) is 4.87. The van der Waals surface area contributed by atoms with Gasteiger partial charge < -0.3 is 20.1 Å². The molecule has 0 radical (unpaired) electrons. The molecule has 4 rings (SSSR count). The van der Waals surface area contributed by atoms with Crippen LogP contribution in [-0.2, 0) is 29.2 Å². The lowest BCUT2D eigenvalue weighted by Gasteiger charge is -2.22. The van der Waals surface area contributed by atoms with Gasteiger partial charge in [-0.05, 0) is 53.9 Å². The molecule has 0 aromatic heterocycles. The molecular formula is C24H30N2O3. The lowest BCUT2D eigenvalue weighted by molar-refractivity contribution is -0.0390. The normalized spacial score (nSPS) is 17.1. The van der Waals surface area contributed by atoms with Crippen molar-refractivity contribution in [2.45, 2.75) is 57.4 Å². The van der Waals surface area contributed by atoms with E-state index in [0.29, 0.717) is 25.8 Å². The van der Waals surface area contributed by atoms with E-state index in [2.05, 4.69) is 47.0 Å². The van der Waals surface area contributed by atoms with E-state index in [9.17, 15) is 4.79 Å². The van der Waals surface area contributed by atoms with Crippen LogP contribution in [0.1, 0.15) is 53.9 Å². The van der Waals surface area contributed by atoms with Gasteiger partial charge in [0.2, 0.25) is 0 Å². The van der Waals surface area contributed by atoms with Crippen molar-refractivity contribution >= 4 is 6.03 Å². The molecule has 1 heterocycles. The predicted octanol–water partition coefficient (Wildman–Crippen LogP) is 4.26. The number of carbonyl (C=O) groups is 1. The van der Waals surface area contributed by atoms with Crippen LogP contribution in [0.4, 0.5) is 4.79 Å². The number of hydrogen-bond acceptors (Lipinski definition) is 3. The highest BCUT2D eigenvalue weighted by atomic mass is 16.5. The van der Waals surface area contributed by atoms with E-state index in [1.807, 2.05) is 12.1 Å². The highest BCUT2D eigenvalue weighted by Gasteiger charge is 2.22. The second-order valence-electron chi connectivity index (χ2n) is 7.99.